The molecule has 246 valence electrons. The number of methoxy groups -OCH3 is 1. The number of benzene rings is 2. The van der Waals surface area contributed by atoms with Gasteiger partial charge in [-0.1, -0.05) is 79.1 Å². The predicted molar refractivity (Wildman–Crippen MR) is 180 cm³/mol. The van der Waals surface area contributed by atoms with Crippen LogP contribution in [0.2, 0.25) is 10.0 Å². The summed E-state index contributed by atoms with van der Waals surface area (Å²) in [4.78, 5) is 29.3. The number of carbonyl (C=O) groups excluding carboxylic acids is 1. The van der Waals surface area contributed by atoms with Crippen LogP contribution in [0.15, 0.2) is 47.6 Å². The van der Waals surface area contributed by atoms with Crippen molar-refractivity contribution in [1.29, 1.82) is 0 Å². The number of pyridine rings is 1. The van der Waals surface area contributed by atoms with Gasteiger partial charge in [0, 0.05) is 18.2 Å². The molecule has 0 aliphatic rings. The number of nitrogens with one attached hydrogen (secondary N) is 2. The van der Waals surface area contributed by atoms with Crippen LogP contribution in [0.5, 0.6) is 5.75 Å². The molecule has 0 aliphatic carbocycles. The van der Waals surface area contributed by atoms with Gasteiger partial charge in [0.1, 0.15) is 12.3 Å². The van der Waals surface area contributed by atoms with Gasteiger partial charge in [0.2, 0.25) is 11.9 Å². The molecular weight excluding hydrogens is 659 g/mol. The Morgan fingerprint density at radius 1 is 1.00 bits per heavy atom. The van der Waals surface area contributed by atoms with E-state index in [1.165, 1.54) is 31.0 Å². The van der Waals surface area contributed by atoms with E-state index in [0.29, 0.717) is 23.9 Å². The van der Waals surface area contributed by atoms with Gasteiger partial charge in [0.15, 0.2) is 28.2 Å². The van der Waals surface area contributed by atoms with E-state index in [1.807, 2.05) is 19.2 Å². The van der Waals surface area contributed by atoms with Gasteiger partial charge >= 0.3 is 5.97 Å². The molecule has 15 heteroatoms. The van der Waals surface area contributed by atoms with Crippen LogP contribution in [-0.2, 0) is 11.3 Å². The smallest absolute Gasteiger partial charge is 0.358 e. The van der Waals surface area contributed by atoms with Crippen LogP contribution < -0.4 is 21.1 Å². The molecule has 0 radical (unpaired) electrons. The first-order valence-electron chi connectivity index (χ1n) is 14.1. The lowest BCUT2D eigenvalue weighted by atomic mass is 10.1. The minimum atomic E-state index is -1.09. The van der Waals surface area contributed by atoms with Crippen molar-refractivity contribution in [1.82, 2.24) is 19.9 Å². The van der Waals surface area contributed by atoms with E-state index in [-0.39, 0.29) is 22.9 Å². The summed E-state index contributed by atoms with van der Waals surface area (Å²) in [7, 11) is 1.21. The molecular formula is C31H35Cl2F2N7O3S. The number of esters is 1. The Balaban J connectivity index is 0.000000289. The molecule has 10 nitrogen and oxygen atoms in total. The minimum absolute atomic E-state index is 0.0152. The second kappa shape index (κ2) is 17.1. The second-order valence-corrected chi connectivity index (χ2v) is 11.6. The SMILES string of the molecule is CCNc1nc(NC(C)C(C)C)nc(SC)n1.COc1c(Cl)ccc(-c2nc(C(=O)OCc3ccccc3)c(Cl)c(N)c2F)c1F. The topological polar surface area (TPSA) is 137 Å². The van der Waals surface area contributed by atoms with E-state index in [1.54, 1.807) is 24.3 Å². The molecule has 0 aliphatic heterocycles. The Morgan fingerprint density at radius 2 is 1.67 bits per heavy atom. The highest BCUT2D eigenvalue weighted by molar-refractivity contribution is 7.98. The summed E-state index contributed by atoms with van der Waals surface area (Å²) in [5.41, 5.74) is 4.58. The fourth-order valence-corrected chi connectivity index (χ4v) is 4.47. The molecule has 0 saturated heterocycles. The molecule has 2 aromatic carbocycles. The van der Waals surface area contributed by atoms with Crippen LogP contribution in [0.1, 0.15) is 43.7 Å². The standard InChI is InChI=1S/C20H14Cl2F2N2O3.C11H21N5S/c1-28-19-12(21)8-7-11(14(19)23)17-15(24)16(25)13(22)18(26-17)20(27)29-9-10-5-3-2-4-6-10;1-6-12-9-14-10(13-8(4)7(2)3)16-11(15-9)17-5/h2-8H,9H2,1H3,(H2,25,26);7-8H,6H2,1-5H3,(H2,12,13,14,15,16). The molecule has 4 N–H and O–H groups in total. The molecule has 0 amide bonds. The third-order valence-electron chi connectivity index (χ3n) is 6.52. The van der Waals surface area contributed by atoms with Crippen molar-refractivity contribution >= 4 is 58.5 Å². The number of ether oxygens (including phenoxy) is 2. The summed E-state index contributed by atoms with van der Waals surface area (Å²) >= 11 is 13.4. The van der Waals surface area contributed by atoms with Crippen LogP contribution in [0.3, 0.4) is 0 Å². The number of nitrogens with two attached hydrogens (primary N) is 1. The van der Waals surface area contributed by atoms with Gasteiger partial charge in [-0.2, -0.15) is 15.0 Å². The van der Waals surface area contributed by atoms with Crippen LogP contribution in [0.4, 0.5) is 26.4 Å². The van der Waals surface area contributed by atoms with E-state index in [0.717, 1.165) is 17.3 Å². The maximum atomic E-state index is 14.7. The highest BCUT2D eigenvalue weighted by Gasteiger charge is 2.26. The Morgan fingerprint density at radius 3 is 2.28 bits per heavy atom. The lowest BCUT2D eigenvalue weighted by Crippen LogP contribution is -2.23. The van der Waals surface area contributed by atoms with Crippen LogP contribution in [0.25, 0.3) is 11.3 Å². The van der Waals surface area contributed by atoms with E-state index >= 15 is 0 Å². The monoisotopic (exact) mass is 693 g/mol. The lowest BCUT2D eigenvalue weighted by Gasteiger charge is -2.17. The molecule has 2 aromatic heterocycles. The number of anilines is 3. The lowest BCUT2D eigenvalue weighted by molar-refractivity contribution is 0.0466. The van der Waals surface area contributed by atoms with Crippen molar-refractivity contribution in [3.63, 3.8) is 0 Å². The maximum Gasteiger partial charge on any atom is 0.358 e. The second-order valence-electron chi connectivity index (χ2n) is 10.0. The average Bonchev–Trinajstić information content (AvgIpc) is 3.04. The summed E-state index contributed by atoms with van der Waals surface area (Å²) in [6.45, 7) is 9.22. The Labute approximate surface area is 280 Å². The molecule has 0 spiro atoms. The van der Waals surface area contributed by atoms with E-state index in [4.69, 9.17) is 38.4 Å². The molecule has 0 saturated carbocycles. The zero-order valence-corrected chi connectivity index (χ0v) is 28.4. The van der Waals surface area contributed by atoms with Gasteiger partial charge in [-0.15, -0.1) is 0 Å². The Bertz CT molecular complexity index is 1650. The number of halogens is 4. The van der Waals surface area contributed by atoms with Crippen LogP contribution in [-0.4, -0.2) is 51.9 Å². The number of rotatable bonds is 11. The third-order valence-corrected chi connectivity index (χ3v) is 7.74. The highest BCUT2D eigenvalue weighted by Crippen LogP contribution is 2.38. The summed E-state index contributed by atoms with van der Waals surface area (Å²) in [6, 6.07) is 11.7. The molecule has 46 heavy (non-hydrogen) atoms. The molecule has 1 atom stereocenters. The van der Waals surface area contributed by atoms with Crippen LogP contribution >= 0.6 is 35.0 Å². The number of thioether (sulfide) groups is 1. The quantitative estimate of drug-likeness (QED) is 0.105. The summed E-state index contributed by atoms with van der Waals surface area (Å²) < 4.78 is 39.5. The van der Waals surface area contributed by atoms with Crippen molar-refractivity contribution < 1.29 is 23.0 Å². The number of carbonyl (C=O) groups is 1. The molecule has 0 fully saturated rings. The fraction of sp³-hybridized carbons (Fsp3) is 0.323. The van der Waals surface area contributed by atoms with Crippen molar-refractivity contribution in [3.05, 3.63) is 75.4 Å². The first-order chi connectivity index (χ1) is 21.9. The van der Waals surface area contributed by atoms with Crippen molar-refractivity contribution in [2.45, 2.75) is 45.5 Å². The number of aromatic nitrogens is 4. The fourth-order valence-electron chi connectivity index (χ4n) is 3.69. The maximum absolute atomic E-state index is 14.7. The number of hydrogen-bond acceptors (Lipinski definition) is 11. The van der Waals surface area contributed by atoms with E-state index in [2.05, 4.69) is 51.3 Å². The number of hydrogen-bond donors (Lipinski definition) is 3. The van der Waals surface area contributed by atoms with Crippen molar-refractivity contribution in [2.24, 2.45) is 5.92 Å². The van der Waals surface area contributed by atoms with Gasteiger partial charge in [0.25, 0.3) is 0 Å². The van der Waals surface area contributed by atoms with Crippen molar-refractivity contribution in [3.8, 4) is 17.0 Å². The summed E-state index contributed by atoms with van der Waals surface area (Å²) in [5.74, 6) is -1.48. The average molecular weight is 695 g/mol. The molecule has 4 rings (SSSR count). The Hall–Kier alpha value is -3.94. The zero-order valence-electron chi connectivity index (χ0n) is 26.1. The van der Waals surface area contributed by atoms with Gasteiger partial charge < -0.3 is 25.8 Å². The molecule has 4 aromatic rings. The minimum Gasteiger partial charge on any atom is -0.492 e. The molecule has 0 bridgehead atoms. The normalized spacial score (nSPS) is 11.4. The first kappa shape index (κ1) is 36.5. The molecule has 2 heterocycles. The highest BCUT2D eigenvalue weighted by atomic mass is 35.5. The molecule has 1 unspecified atom stereocenters. The van der Waals surface area contributed by atoms with Gasteiger partial charge in [-0.3, -0.25) is 0 Å². The van der Waals surface area contributed by atoms with Gasteiger partial charge in [-0.05, 0) is 43.7 Å². The largest absolute Gasteiger partial charge is 0.492 e. The summed E-state index contributed by atoms with van der Waals surface area (Å²) in [6.07, 6.45) is 1.96. The predicted octanol–water partition coefficient (Wildman–Crippen LogP) is 7.76. The van der Waals surface area contributed by atoms with Gasteiger partial charge in [-0.25, -0.2) is 18.6 Å². The first-order valence-corrected chi connectivity index (χ1v) is 16.1. The van der Waals surface area contributed by atoms with Crippen LogP contribution in [0, 0.1) is 17.6 Å². The van der Waals surface area contributed by atoms with Crippen molar-refractivity contribution in [2.75, 3.05) is 36.3 Å². The third kappa shape index (κ3) is 9.30. The van der Waals surface area contributed by atoms with E-state index < -0.39 is 39.7 Å². The summed E-state index contributed by atoms with van der Waals surface area (Å²) in [5, 5.41) is 6.70. The van der Waals surface area contributed by atoms with E-state index in [9.17, 15) is 13.6 Å². The number of nitrogens with zero attached hydrogens (tertiary/aromatic N) is 4. The number of nitrogen functional groups attached to an aromatic ring is 1. The zero-order chi connectivity index (χ0) is 34.0. The van der Waals surface area contributed by atoms with Gasteiger partial charge in [0.05, 0.1) is 22.8 Å². The Kier molecular flexibility index (Phi) is 13.6.